The summed E-state index contributed by atoms with van der Waals surface area (Å²) in [6.45, 7) is 5.28. The lowest BCUT2D eigenvalue weighted by molar-refractivity contribution is 0.0984. The Balaban J connectivity index is 4.91. The number of rotatable bonds is 1. The molecule has 68 valence electrons. The van der Waals surface area contributed by atoms with E-state index in [1.165, 1.54) is 20.8 Å². The first-order valence-electron chi connectivity index (χ1n) is 3.25. The molecular formula is C6H14FO3P. The molecule has 11 heavy (non-hydrogen) atoms. The summed E-state index contributed by atoms with van der Waals surface area (Å²) in [5.41, 5.74) is -1.05. The van der Waals surface area contributed by atoms with E-state index in [1.807, 2.05) is 0 Å². The van der Waals surface area contributed by atoms with Crippen LogP contribution in [0.2, 0.25) is 0 Å². The molecule has 0 heterocycles. The third kappa shape index (κ3) is 2.01. The molecule has 1 unspecified atom stereocenters. The molecule has 0 radical (unpaired) electrons. The van der Waals surface area contributed by atoms with E-state index in [9.17, 15) is 8.96 Å². The van der Waals surface area contributed by atoms with E-state index in [2.05, 4.69) is 0 Å². The summed E-state index contributed by atoms with van der Waals surface area (Å²) in [6.07, 6.45) is 0. The van der Waals surface area contributed by atoms with Crippen LogP contribution in [0.3, 0.4) is 0 Å². The Bertz CT molecular complexity index is 188. The second kappa shape index (κ2) is 2.54. The van der Waals surface area contributed by atoms with Gasteiger partial charge in [-0.3, -0.25) is 4.57 Å². The van der Waals surface area contributed by atoms with Gasteiger partial charge in [-0.05, 0) is 6.92 Å². The maximum atomic E-state index is 13.3. The molecule has 3 nitrogen and oxygen atoms in total. The van der Waals surface area contributed by atoms with Crippen LogP contribution >= 0.6 is 7.60 Å². The normalized spacial score (nSPS) is 19.5. The number of hydrogen-bond acceptors (Lipinski definition) is 1. The van der Waals surface area contributed by atoms with E-state index in [1.54, 1.807) is 0 Å². The van der Waals surface area contributed by atoms with Crippen LogP contribution in [0.1, 0.15) is 27.7 Å². The van der Waals surface area contributed by atoms with Crippen LogP contribution in [0.25, 0.3) is 0 Å². The van der Waals surface area contributed by atoms with Crippen LogP contribution < -0.4 is 0 Å². The van der Waals surface area contributed by atoms with Crippen molar-refractivity contribution in [2.45, 2.75) is 33.1 Å². The van der Waals surface area contributed by atoms with Gasteiger partial charge in [-0.2, -0.15) is 0 Å². The molecule has 0 saturated heterocycles. The Morgan fingerprint density at radius 3 is 1.45 bits per heavy atom. The van der Waals surface area contributed by atoms with Crippen molar-refractivity contribution < 1.29 is 18.7 Å². The number of halogens is 1. The summed E-state index contributed by atoms with van der Waals surface area (Å²) in [4.78, 5) is 17.2. The molecule has 0 aliphatic rings. The first kappa shape index (κ1) is 11.1. The summed E-state index contributed by atoms with van der Waals surface area (Å²) >= 11 is 0. The molecule has 2 N–H and O–H groups in total. The van der Waals surface area contributed by atoms with Gasteiger partial charge in [0.05, 0.1) is 0 Å². The highest BCUT2D eigenvalue weighted by Crippen LogP contribution is 2.59. The van der Waals surface area contributed by atoms with Crippen LogP contribution in [0.5, 0.6) is 0 Å². The minimum atomic E-state index is -4.66. The SMILES string of the molecule is CC(C)(C)C(C)(F)P(=O)(O)O. The molecule has 5 heteroatoms. The van der Waals surface area contributed by atoms with E-state index >= 15 is 0 Å². The molecule has 0 fully saturated rings. The lowest BCUT2D eigenvalue weighted by Gasteiger charge is -2.34. The van der Waals surface area contributed by atoms with Gasteiger partial charge in [-0.15, -0.1) is 0 Å². The zero-order valence-electron chi connectivity index (χ0n) is 7.13. The van der Waals surface area contributed by atoms with Gasteiger partial charge in [-0.25, -0.2) is 4.39 Å². The van der Waals surface area contributed by atoms with Crippen molar-refractivity contribution in [3.63, 3.8) is 0 Å². The highest BCUT2D eigenvalue weighted by atomic mass is 31.2. The standard InChI is InChI=1S/C6H14FO3P/c1-5(2,3)6(4,7)11(8,9)10/h1-4H3,(H2,8,9,10). The average molecular weight is 184 g/mol. The smallest absolute Gasteiger partial charge is 0.322 e. The molecule has 0 aromatic heterocycles. The Hall–Kier alpha value is 0.0800. The van der Waals surface area contributed by atoms with Gasteiger partial charge in [0, 0.05) is 5.41 Å². The van der Waals surface area contributed by atoms with E-state index < -0.39 is 18.4 Å². The minimum Gasteiger partial charge on any atom is -0.322 e. The number of hydrogen-bond donors (Lipinski definition) is 2. The van der Waals surface area contributed by atoms with Crippen LogP contribution in [-0.4, -0.2) is 15.2 Å². The minimum absolute atomic E-state index is 0.924. The summed E-state index contributed by atoms with van der Waals surface area (Å²) in [6, 6.07) is 0. The summed E-state index contributed by atoms with van der Waals surface area (Å²) in [7, 11) is -4.66. The van der Waals surface area contributed by atoms with Crippen molar-refractivity contribution >= 4 is 7.60 Å². The van der Waals surface area contributed by atoms with Gasteiger partial charge < -0.3 is 9.79 Å². The predicted octanol–water partition coefficient (Wildman–Crippen LogP) is 1.90. The van der Waals surface area contributed by atoms with Gasteiger partial charge in [0.1, 0.15) is 0 Å². The van der Waals surface area contributed by atoms with E-state index in [0.717, 1.165) is 6.92 Å². The molecular weight excluding hydrogens is 170 g/mol. The van der Waals surface area contributed by atoms with Gasteiger partial charge in [0.25, 0.3) is 0 Å². The molecule has 0 amide bonds. The third-order valence-electron chi connectivity index (χ3n) is 1.92. The quantitative estimate of drug-likeness (QED) is 0.612. The first-order chi connectivity index (χ1) is 4.50. The topological polar surface area (TPSA) is 57.5 Å². The van der Waals surface area contributed by atoms with Crippen molar-refractivity contribution in [3.8, 4) is 0 Å². The first-order valence-corrected chi connectivity index (χ1v) is 4.86. The average Bonchev–Trinajstić information content (AvgIpc) is 1.58. The monoisotopic (exact) mass is 184 g/mol. The van der Waals surface area contributed by atoms with E-state index in [4.69, 9.17) is 9.79 Å². The van der Waals surface area contributed by atoms with Crippen molar-refractivity contribution in [1.29, 1.82) is 0 Å². The van der Waals surface area contributed by atoms with Crippen LogP contribution in [0.4, 0.5) is 4.39 Å². The third-order valence-corrected chi connectivity index (χ3v) is 3.68. The lowest BCUT2D eigenvalue weighted by atomic mass is 9.91. The van der Waals surface area contributed by atoms with Crippen molar-refractivity contribution in [2.75, 3.05) is 0 Å². The van der Waals surface area contributed by atoms with Crippen LogP contribution in [0, 0.1) is 5.41 Å². The summed E-state index contributed by atoms with van der Waals surface area (Å²) in [5, 5.41) is -2.46. The Kier molecular flexibility index (Phi) is 2.56. The molecule has 0 aliphatic heterocycles. The van der Waals surface area contributed by atoms with E-state index in [-0.39, 0.29) is 0 Å². The van der Waals surface area contributed by atoms with Crippen LogP contribution in [-0.2, 0) is 4.57 Å². The molecule has 0 saturated carbocycles. The van der Waals surface area contributed by atoms with Crippen molar-refractivity contribution in [1.82, 2.24) is 0 Å². The van der Waals surface area contributed by atoms with Gasteiger partial charge in [0.2, 0.25) is 5.41 Å². The molecule has 1 atom stereocenters. The van der Waals surface area contributed by atoms with Crippen LogP contribution in [0.15, 0.2) is 0 Å². The van der Waals surface area contributed by atoms with Crippen molar-refractivity contribution in [3.05, 3.63) is 0 Å². The Morgan fingerprint density at radius 1 is 1.18 bits per heavy atom. The summed E-state index contributed by atoms with van der Waals surface area (Å²) < 4.78 is 24.0. The lowest BCUT2D eigenvalue weighted by Crippen LogP contribution is -2.34. The predicted molar refractivity (Wildman–Crippen MR) is 41.0 cm³/mol. The molecule has 0 spiro atoms. The zero-order chi connectivity index (χ0) is 9.50. The second-order valence-electron chi connectivity index (χ2n) is 3.75. The highest BCUT2D eigenvalue weighted by Gasteiger charge is 2.52. The Morgan fingerprint density at radius 2 is 1.45 bits per heavy atom. The maximum Gasteiger partial charge on any atom is 0.362 e. The highest BCUT2D eigenvalue weighted by molar-refractivity contribution is 7.53. The molecule has 0 aromatic rings. The van der Waals surface area contributed by atoms with Gasteiger partial charge in [-0.1, -0.05) is 20.8 Å². The number of alkyl halides is 1. The fraction of sp³-hybridized carbons (Fsp3) is 1.00. The Labute approximate surface area is 65.8 Å². The fourth-order valence-electron chi connectivity index (χ4n) is 0.437. The molecule has 0 aromatic carbocycles. The van der Waals surface area contributed by atoms with Crippen molar-refractivity contribution in [2.24, 2.45) is 5.41 Å². The largest absolute Gasteiger partial charge is 0.362 e. The molecule has 0 rings (SSSR count). The zero-order valence-corrected chi connectivity index (χ0v) is 8.02. The van der Waals surface area contributed by atoms with Gasteiger partial charge in [0.15, 0.2) is 0 Å². The fourth-order valence-corrected chi connectivity index (χ4v) is 1.31. The molecule has 0 bridgehead atoms. The van der Waals surface area contributed by atoms with Gasteiger partial charge >= 0.3 is 7.60 Å². The summed E-state index contributed by atoms with van der Waals surface area (Å²) in [5.74, 6) is 0. The van der Waals surface area contributed by atoms with E-state index in [0.29, 0.717) is 0 Å². The maximum absolute atomic E-state index is 13.3. The molecule has 0 aliphatic carbocycles. The second-order valence-corrected chi connectivity index (χ2v) is 5.68.